The van der Waals surface area contributed by atoms with Gasteiger partial charge in [-0.05, 0) is 56.5 Å². The van der Waals surface area contributed by atoms with Crippen LogP contribution < -0.4 is 20.1 Å². The third-order valence-corrected chi connectivity index (χ3v) is 5.38. The van der Waals surface area contributed by atoms with E-state index in [9.17, 15) is 4.79 Å². The number of rotatable bonds is 5. The highest BCUT2D eigenvalue weighted by Gasteiger charge is 2.26. The summed E-state index contributed by atoms with van der Waals surface area (Å²) < 4.78 is 16.3. The molecule has 1 aromatic carbocycles. The molecule has 0 aromatic heterocycles. The predicted octanol–water partition coefficient (Wildman–Crippen LogP) is 2.03. The molecule has 3 aliphatic rings. The summed E-state index contributed by atoms with van der Waals surface area (Å²) in [5, 5.41) is 6.13. The summed E-state index contributed by atoms with van der Waals surface area (Å²) in [4.78, 5) is 14.8. The van der Waals surface area contributed by atoms with E-state index >= 15 is 0 Å². The van der Waals surface area contributed by atoms with E-state index in [0.717, 1.165) is 56.2 Å². The number of hydrogen-bond acceptors (Lipinski definition) is 5. The third kappa shape index (κ3) is 4.04. The lowest BCUT2D eigenvalue weighted by molar-refractivity contribution is 0.0800. The highest BCUT2D eigenvalue weighted by Crippen LogP contribution is 2.36. The largest absolute Gasteiger partial charge is 0.454 e. The molecule has 1 unspecified atom stereocenters. The molecule has 2 saturated heterocycles. The van der Waals surface area contributed by atoms with Crippen LogP contribution in [0.3, 0.4) is 0 Å². The minimum Gasteiger partial charge on any atom is -0.454 e. The fourth-order valence-corrected chi connectivity index (χ4v) is 3.90. The number of hydrogen-bond donors (Lipinski definition) is 2. The van der Waals surface area contributed by atoms with E-state index in [1.54, 1.807) is 0 Å². The van der Waals surface area contributed by atoms with Gasteiger partial charge in [0.2, 0.25) is 6.79 Å². The molecule has 26 heavy (non-hydrogen) atoms. The molecule has 0 spiro atoms. The first-order chi connectivity index (χ1) is 12.8. The van der Waals surface area contributed by atoms with Gasteiger partial charge in [-0.2, -0.15) is 0 Å². The Labute approximate surface area is 154 Å². The molecule has 3 aliphatic heterocycles. The Morgan fingerprint density at radius 2 is 1.92 bits per heavy atom. The Hall–Kier alpha value is -1.99. The molecule has 2 N–H and O–H groups in total. The Kier molecular flexibility index (Phi) is 5.45. The Bertz CT molecular complexity index is 627. The first kappa shape index (κ1) is 17.4. The molecule has 7 heteroatoms. The summed E-state index contributed by atoms with van der Waals surface area (Å²) >= 11 is 0. The molecule has 3 heterocycles. The van der Waals surface area contributed by atoms with Crippen molar-refractivity contribution in [3.8, 4) is 11.5 Å². The monoisotopic (exact) mass is 361 g/mol. The predicted molar refractivity (Wildman–Crippen MR) is 96.5 cm³/mol. The number of benzene rings is 1. The molecule has 0 bridgehead atoms. The van der Waals surface area contributed by atoms with E-state index in [2.05, 4.69) is 21.6 Å². The van der Waals surface area contributed by atoms with Gasteiger partial charge >= 0.3 is 6.03 Å². The molecule has 0 radical (unpaired) electrons. The second kappa shape index (κ2) is 8.14. The number of likely N-dealkylation sites (tertiary alicyclic amines) is 1. The van der Waals surface area contributed by atoms with Crippen LogP contribution in [0.5, 0.6) is 11.5 Å². The first-order valence-corrected chi connectivity index (χ1v) is 9.55. The second-order valence-electron chi connectivity index (χ2n) is 7.11. The zero-order valence-corrected chi connectivity index (χ0v) is 15.0. The molecule has 4 rings (SSSR count). The van der Waals surface area contributed by atoms with E-state index in [0.29, 0.717) is 6.54 Å². The second-order valence-corrected chi connectivity index (χ2v) is 7.11. The molecule has 1 aromatic rings. The molecule has 2 amide bonds. The van der Waals surface area contributed by atoms with Crippen LogP contribution in [0.2, 0.25) is 0 Å². The number of ether oxygens (including phenoxy) is 3. The lowest BCUT2D eigenvalue weighted by Gasteiger charge is -2.29. The number of amides is 2. The maximum atomic E-state index is 12.3. The topological polar surface area (TPSA) is 72.1 Å². The van der Waals surface area contributed by atoms with Gasteiger partial charge in [0.25, 0.3) is 0 Å². The number of urea groups is 1. The summed E-state index contributed by atoms with van der Waals surface area (Å²) in [6, 6.07) is 6.34. The molecule has 0 aliphatic carbocycles. The van der Waals surface area contributed by atoms with Crippen LogP contribution in [0.1, 0.15) is 37.3 Å². The summed E-state index contributed by atoms with van der Waals surface area (Å²) in [6.07, 6.45) is 4.17. The van der Waals surface area contributed by atoms with E-state index in [-0.39, 0.29) is 24.9 Å². The molecule has 142 valence electrons. The summed E-state index contributed by atoms with van der Waals surface area (Å²) in [6.45, 7) is 4.41. The van der Waals surface area contributed by atoms with Gasteiger partial charge in [-0.15, -0.1) is 0 Å². The molecule has 0 saturated carbocycles. The van der Waals surface area contributed by atoms with E-state index in [1.807, 2.05) is 12.1 Å². The van der Waals surface area contributed by atoms with Gasteiger partial charge in [-0.3, -0.25) is 4.90 Å². The van der Waals surface area contributed by atoms with Crippen LogP contribution in [0, 0.1) is 0 Å². The van der Waals surface area contributed by atoms with Crippen molar-refractivity contribution in [1.29, 1.82) is 0 Å². The minimum atomic E-state index is -0.0955. The van der Waals surface area contributed by atoms with Gasteiger partial charge in [0.05, 0.1) is 6.04 Å². The minimum absolute atomic E-state index is 0.0955. The van der Waals surface area contributed by atoms with Crippen molar-refractivity contribution >= 4 is 6.03 Å². The summed E-state index contributed by atoms with van der Waals surface area (Å²) in [5.41, 5.74) is 1.16. The highest BCUT2D eigenvalue weighted by atomic mass is 16.7. The van der Waals surface area contributed by atoms with Gasteiger partial charge in [0, 0.05) is 25.8 Å². The molecular weight excluding hydrogens is 334 g/mol. The van der Waals surface area contributed by atoms with Crippen molar-refractivity contribution < 1.29 is 19.0 Å². The van der Waals surface area contributed by atoms with Crippen molar-refractivity contribution in [2.75, 3.05) is 39.6 Å². The van der Waals surface area contributed by atoms with Gasteiger partial charge in [-0.25, -0.2) is 4.79 Å². The summed E-state index contributed by atoms with van der Waals surface area (Å²) in [5.74, 6) is 1.58. The van der Waals surface area contributed by atoms with Crippen LogP contribution >= 0.6 is 0 Å². The number of nitrogens with one attached hydrogen (secondary N) is 2. The van der Waals surface area contributed by atoms with Gasteiger partial charge in [0.1, 0.15) is 0 Å². The van der Waals surface area contributed by atoms with E-state index < -0.39 is 0 Å². The van der Waals surface area contributed by atoms with Crippen molar-refractivity contribution in [3.63, 3.8) is 0 Å². The number of carbonyl (C=O) groups excluding carboxylic acids is 1. The Morgan fingerprint density at radius 3 is 2.73 bits per heavy atom. The van der Waals surface area contributed by atoms with Crippen molar-refractivity contribution in [1.82, 2.24) is 15.5 Å². The van der Waals surface area contributed by atoms with Gasteiger partial charge in [-0.1, -0.05) is 6.07 Å². The van der Waals surface area contributed by atoms with Gasteiger partial charge in [0.15, 0.2) is 11.5 Å². The van der Waals surface area contributed by atoms with Crippen LogP contribution in [-0.4, -0.2) is 56.6 Å². The normalized spacial score (nSPS) is 21.5. The summed E-state index contributed by atoms with van der Waals surface area (Å²) in [7, 11) is 0. The SMILES string of the molecule is O=C(NCC(c1ccc2c(c1)OCO2)N1CCCC1)NC1CCOCC1. The Balaban J connectivity index is 1.39. The number of fused-ring (bicyclic) bond motifs is 1. The van der Waals surface area contributed by atoms with E-state index in [1.165, 1.54) is 12.8 Å². The average Bonchev–Trinajstić information content (AvgIpc) is 3.34. The zero-order valence-electron chi connectivity index (χ0n) is 15.0. The van der Waals surface area contributed by atoms with Crippen LogP contribution in [0.15, 0.2) is 18.2 Å². The number of carbonyl (C=O) groups is 1. The molecule has 1 atom stereocenters. The van der Waals surface area contributed by atoms with Crippen molar-refractivity contribution in [3.05, 3.63) is 23.8 Å². The molecule has 7 nitrogen and oxygen atoms in total. The van der Waals surface area contributed by atoms with Gasteiger partial charge < -0.3 is 24.8 Å². The fourth-order valence-electron chi connectivity index (χ4n) is 3.90. The highest BCUT2D eigenvalue weighted by molar-refractivity contribution is 5.74. The maximum Gasteiger partial charge on any atom is 0.315 e. The lowest BCUT2D eigenvalue weighted by Crippen LogP contribution is -2.46. The standard InChI is InChI=1S/C19H27N3O4/c23-19(21-15-5-9-24-10-6-15)20-12-16(22-7-1-2-8-22)14-3-4-17-18(11-14)26-13-25-17/h3-4,11,15-16H,1-2,5-10,12-13H2,(H2,20,21,23). The fraction of sp³-hybridized carbons (Fsp3) is 0.632. The van der Waals surface area contributed by atoms with Crippen LogP contribution in [0.25, 0.3) is 0 Å². The molecule has 2 fully saturated rings. The first-order valence-electron chi connectivity index (χ1n) is 9.55. The molecular formula is C19H27N3O4. The third-order valence-electron chi connectivity index (χ3n) is 5.38. The van der Waals surface area contributed by atoms with E-state index in [4.69, 9.17) is 14.2 Å². The quantitative estimate of drug-likeness (QED) is 0.840. The van der Waals surface area contributed by atoms with Crippen LogP contribution in [0.4, 0.5) is 4.79 Å². The Morgan fingerprint density at radius 1 is 1.15 bits per heavy atom. The van der Waals surface area contributed by atoms with Crippen molar-refractivity contribution in [2.45, 2.75) is 37.8 Å². The number of nitrogens with zero attached hydrogens (tertiary/aromatic N) is 1. The average molecular weight is 361 g/mol. The smallest absolute Gasteiger partial charge is 0.315 e. The lowest BCUT2D eigenvalue weighted by atomic mass is 10.0. The van der Waals surface area contributed by atoms with Crippen molar-refractivity contribution in [2.24, 2.45) is 0 Å². The maximum absolute atomic E-state index is 12.3. The van der Waals surface area contributed by atoms with Crippen LogP contribution in [-0.2, 0) is 4.74 Å². The zero-order chi connectivity index (χ0) is 17.8.